The second-order valence-corrected chi connectivity index (χ2v) is 5.41. The molecule has 1 aliphatic carbocycles. The van der Waals surface area contributed by atoms with Gasteiger partial charge in [-0.05, 0) is 38.7 Å². The highest BCUT2D eigenvalue weighted by Crippen LogP contribution is 2.41. The molecule has 1 fully saturated rings. The zero-order chi connectivity index (χ0) is 14.2. The van der Waals surface area contributed by atoms with E-state index < -0.39 is 10.9 Å². The first kappa shape index (κ1) is 13.3. The largest absolute Gasteiger partial charge is 0.478 e. The van der Waals surface area contributed by atoms with E-state index in [2.05, 4.69) is 5.32 Å². The molecule has 0 saturated heterocycles. The molecule has 0 spiro atoms. The molecule has 1 saturated carbocycles. The summed E-state index contributed by atoms with van der Waals surface area (Å²) in [5.74, 6) is -0.614. The van der Waals surface area contributed by atoms with Crippen LogP contribution in [0.1, 0.15) is 37.0 Å². The van der Waals surface area contributed by atoms with Crippen molar-refractivity contribution in [2.45, 2.75) is 32.2 Å². The van der Waals surface area contributed by atoms with Crippen LogP contribution in [0.3, 0.4) is 0 Å². The number of hydrogen-bond donors (Lipinski definition) is 2. The number of carboxylic acids is 1. The van der Waals surface area contributed by atoms with Gasteiger partial charge in [-0.2, -0.15) is 0 Å². The van der Waals surface area contributed by atoms with Gasteiger partial charge in [-0.3, -0.25) is 10.1 Å². The zero-order valence-corrected chi connectivity index (χ0v) is 10.8. The highest BCUT2D eigenvalue weighted by Gasteiger charge is 2.38. The smallest absolute Gasteiger partial charge is 0.337 e. The van der Waals surface area contributed by atoms with Crippen molar-refractivity contribution in [3.05, 3.63) is 33.9 Å². The number of non-ortho nitro benzene ring substituents is 1. The first-order chi connectivity index (χ1) is 8.81. The molecule has 6 nitrogen and oxygen atoms in total. The van der Waals surface area contributed by atoms with Crippen molar-refractivity contribution in [3.63, 3.8) is 0 Å². The molecule has 19 heavy (non-hydrogen) atoms. The van der Waals surface area contributed by atoms with Gasteiger partial charge in [-0.25, -0.2) is 4.79 Å². The van der Waals surface area contributed by atoms with Gasteiger partial charge in [0.15, 0.2) is 0 Å². The summed E-state index contributed by atoms with van der Waals surface area (Å²) in [5, 5.41) is 23.1. The van der Waals surface area contributed by atoms with Crippen molar-refractivity contribution in [3.8, 4) is 0 Å². The minimum absolute atomic E-state index is 0.0549. The quantitative estimate of drug-likeness (QED) is 0.630. The van der Waals surface area contributed by atoms with E-state index in [9.17, 15) is 14.9 Å². The predicted octanol–water partition coefficient (Wildman–Crippen LogP) is 2.89. The Labute approximate surface area is 110 Å². The molecule has 1 aromatic rings. The highest BCUT2D eigenvalue weighted by molar-refractivity contribution is 5.95. The molecule has 1 aliphatic rings. The predicted molar refractivity (Wildman–Crippen MR) is 70.5 cm³/mol. The van der Waals surface area contributed by atoms with Crippen LogP contribution in [0.2, 0.25) is 0 Å². The molecular weight excluding hydrogens is 248 g/mol. The molecule has 0 unspecified atom stereocenters. The molecule has 102 valence electrons. The molecule has 0 atom stereocenters. The summed E-state index contributed by atoms with van der Waals surface area (Å²) in [6, 6.07) is 3.76. The van der Waals surface area contributed by atoms with E-state index in [1.165, 1.54) is 18.2 Å². The summed E-state index contributed by atoms with van der Waals surface area (Å²) in [4.78, 5) is 21.4. The second kappa shape index (κ2) is 4.53. The summed E-state index contributed by atoms with van der Waals surface area (Å²) in [7, 11) is 0. The van der Waals surface area contributed by atoms with Gasteiger partial charge in [0.25, 0.3) is 5.69 Å². The average molecular weight is 264 g/mol. The molecule has 0 radical (unpaired) electrons. The van der Waals surface area contributed by atoms with Crippen LogP contribution in [0.4, 0.5) is 11.4 Å². The molecule has 0 aromatic heterocycles. The molecule has 0 bridgehead atoms. The van der Waals surface area contributed by atoms with E-state index in [-0.39, 0.29) is 16.8 Å². The van der Waals surface area contributed by atoms with Crippen molar-refractivity contribution < 1.29 is 14.8 Å². The van der Waals surface area contributed by atoms with E-state index >= 15 is 0 Å². The Balaban J connectivity index is 2.37. The monoisotopic (exact) mass is 264 g/mol. The van der Waals surface area contributed by atoms with Gasteiger partial charge in [-0.15, -0.1) is 0 Å². The number of carboxylic acid groups (broad SMARTS) is 1. The van der Waals surface area contributed by atoms with Crippen LogP contribution in [-0.2, 0) is 0 Å². The second-order valence-electron chi connectivity index (χ2n) is 5.41. The Morgan fingerprint density at radius 1 is 1.47 bits per heavy atom. The van der Waals surface area contributed by atoms with E-state index in [0.29, 0.717) is 11.6 Å². The van der Waals surface area contributed by atoms with E-state index in [4.69, 9.17) is 5.11 Å². The van der Waals surface area contributed by atoms with Gasteiger partial charge >= 0.3 is 5.97 Å². The number of aromatic carboxylic acids is 1. The number of benzene rings is 1. The Hall–Kier alpha value is -2.11. The van der Waals surface area contributed by atoms with Crippen LogP contribution in [0.5, 0.6) is 0 Å². The van der Waals surface area contributed by atoms with Crippen LogP contribution in [0.15, 0.2) is 18.2 Å². The van der Waals surface area contributed by atoms with Crippen molar-refractivity contribution in [1.82, 2.24) is 0 Å². The van der Waals surface area contributed by atoms with E-state index in [1.807, 2.05) is 13.8 Å². The lowest BCUT2D eigenvalue weighted by molar-refractivity contribution is -0.384. The van der Waals surface area contributed by atoms with Crippen LogP contribution in [-0.4, -0.2) is 21.5 Å². The topological polar surface area (TPSA) is 92.5 Å². The Kier molecular flexibility index (Phi) is 3.18. The van der Waals surface area contributed by atoms with Crippen LogP contribution in [0.25, 0.3) is 0 Å². The van der Waals surface area contributed by atoms with Crippen molar-refractivity contribution >= 4 is 17.3 Å². The summed E-state index contributed by atoms with van der Waals surface area (Å²) in [5.41, 5.74) is -0.0172. The van der Waals surface area contributed by atoms with Crippen LogP contribution >= 0.6 is 0 Å². The van der Waals surface area contributed by atoms with Gasteiger partial charge in [0.05, 0.1) is 16.2 Å². The summed E-state index contributed by atoms with van der Waals surface area (Å²) in [6.07, 6.45) is 2.19. The number of anilines is 1. The van der Waals surface area contributed by atoms with E-state index in [0.717, 1.165) is 12.8 Å². The molecule has 2 N–H and O–H groups in total. The van der Waals surface area contributed by atoms with Crippen molar-refractivity contribution in [2.75, 3.05) is 5.32 Å². The molecule has 0 amide bonds. The Bertz CT molecular complexity index is 535. The molecule has 6 heteroatoms. The Morgan fingerprint density at radius 3 is 2.58 bits per heavy atom. The summed E-state index contributed by atoms with van der Waals surface area (Å²) in [6.45, 7) is 3.96. The fraction of sp³-hybridized carbons (Fsp3) is 0.462. The third kappa shape index (κ3) is 2.83. The van der Waals surface area contributed by atoms with Gasteiger partial charge < -0.3 is 10.4 Å². The normalized spacial score (nSPS) is 15.1. The third-order valence-corrected chi connectivity index (χ3v) is 3.50. The minimum Gasteiger partial charge on any atom is -0.478 e. The maximum atomic E-state index is 11.2. The number of rotatable bonds is 5. The molecule has 0 heterocycles. The molecule has 1 aromatic carbocycles. The molecular formula is C13H16N2O4. The number of hydrogen-bond acceptors (Lipinski definition) is 4. The summed E-state index contributed by atoms with van der Waals surface area (Å²) < 4.78 is 0. The molecule has 2 rings (SSSR count). The maximum absolute atomic E-state index is 11.2. The average Bonchev–Trinajstić information content (AvgIpc) is 3.11. The highest BCUT2D eigenvalue weighted by atomic mass is 16.6. The van der Waals surface area contributed by atoms with Crippen LogP contribution < -0.4 is 5.32 Å². The lowest BCUT2D eigenvalue weighted by Crippen LogP contribution is -2.34. The Morgan fingerprint density at radius 2 is 2.11 bits per heavy atom. The van der Waals surface area contributed by atoms with Gasteiger partial charge in [-0.1, -0.05) is 0 Å². The number of nitro groups is 1. The fourth-order valence-electron chi connectivity index (χ4n) is 2.19. The van der Waals surface area contributed by atoms with Gasteiger partial charge in [0.2, 0.25) is 0 Å². The number of carbonyl (C=O) groups is 1. The van der Waals surface area contributed by atoms with Gasteiger partial charge in [0, 0.05) is 17.7 Å². The lowest BCUT2D eigenvalue weighted by atomic mass is 9.97. The first-order valence-electron chi connectivity index (χ1n) is 6.11. The van der Waals surface area contributed by atoms with Crippen LogP contribution in [0, 0.1) is 16.0 Å². The fourth-order valence-corrected chi connectivity index (χ4v) is 2.19. The summed E-state index contributed by atoms with van der Waals surface area (Å²) >= 11 is 0. The van der Waals surface area contributed by atoms with Crippen molar-refractivity contribution in [2.24, 2.45) is 5.92 Å². The van der Waals surface area contributed by atoms with Gasteiger partial charge in [0.1, 0.15) is 0 Å². The first-order valence-corrected chi connectivity index (χ1v) is 6.11. The zero-order valence-electron chi connectivity index (χ0n) is 10.8. The maximum Gasteiger partial charge on any atom is 0.337 e. The molecule has 0 aliphatic heterocycles. The third-order valence-electron chi connectivity index (χ3n) is 3.50. The SMILES string of the molecule is CC(C)(Nc1cc([N+](=O)[O-])ccc1C(=O)O)C1CC1. The standard InChI is InChI=1S/C13H16N2O4/c1-13(2,8-3-4-8)14-11-7-9(15(18)19)5-6-10(11)12(16)17/h5-8,14H,3-4H2,1-2H3,(H,16,17). The number of nitrogens with one attached hydrogen (secondary N) is 1. The van der Waals surface area contributed by atoms with E-state index in [1.54, 1.807) is 0 Å². The minimum atomic E-state index is -1.09. The lowest BCUT2D eigenvalue weighted by Gasteiger charge is -2.28. The number of nitrogens with zero attached hydrogens (tertiary/aromatic N) is 1. The van der Waals surface area contributed by atoms with Crippen molar-refractivity contribution in [1.29, 1.82) is 0 Å². The number of nitro benzene ring substituents is 1.